The molecule has 3 fully saturated rings. The molecule has 1 aromatic carbocycles. The van der Waals surface area contributed by atoms with Crippen LogP contribution in [0.25, 0.3) is 0 Å². The van der Waals surface area contributed by atoms with Crippen LogP contribution in [0.3, 0.4) is 0 Å². The summed E-state index contributed by atoms with van der Waals surface area (Å²) in [4.78, 5) is 40.2. The van der Waals surface area contributed by atoms with E-state index in [0.29, 0.717) is 31.5 Å². The highest BCUT2D eigenvalue weighted by Crippen LogP contribution is 2.35. The van der Waals surface area contributed by atoms with Gasteiger partial charge in [-0.2, -0.15) is 0 Å². The van der Waals surface area contributed by atoms with Gasteiger partial charge in [0, 0.05) is 50.4 Å². The Morgan fingerprint density at radius 2 is 1.91 bits per heavy atom. The van der Waals surface area contributed by atoms with E-state index >= 15 is 0 Å². The Hall–Kier alpha value is -2.61. The van der Waals surface area contributed by atoms with Crippen molar-refractivity contribution in [3.05, 3.63) is 29.8 Å². The van der Waals surface area contributed by atoms with Gasteiger partial charge in [-0.15, -0.1) is 0 Å². The number of piperidine rings is 1. The van der Waals surface area contributed by atoms with Gasteiger partial charge in [0.25, 0.3) is 0 Å². The van der Waals surface area contributed by atoms with E-state index in [1.807, 2.05) is 32.9 Å². The number of likely N-dealkylation sites (tertiary alicyclic amines) is 1. The maximum Gasteiger partial charge on any atom is 0.407 e. The third kappa shape index (κ3) is 5.23. The van der Waals surface area contributed by atoms with E-state index in [1.165, 1.54) is 5.69 Å². The molecule has 0 aromatic heterocycles. The van der Waals surface area contributed by atoms with Crippen molar-refractivity contribution < 1.29 is 19.1 Å². The Labute approximate surface area is 189 Å². The number of carbonyl (C=O) groups excluding carboxylic acids is 3. The maximum absolute atomic E-state index is 12.1. The number of imide groups is 1. The molecule has 8 heteroatoms. The molecule has 2 bridgehead atoms. The van der Waals surface area contributed by atoms with Crippen molar-refractivity contribution in [2.24, 2.45) is 0 Å². The number of nitrogens with one attached hydrogen (secondary N) is 2. The Balaban J connectivity index is 1.23. The normalized spacial score (nSPS) is 25.7. The predicted molar refractivity (Wildman–Crippen MR) is 122 cm³/mol. The Bertz CT molecular complexity index is 864. The van der Waals surface area contributed by atoms with Gasteiger partial charge in [0.1, 0.15) is 5.60 Å². The average Bonchev–Trinajstić information content (AvgIpc) is 3.31. The molecule has 3 aliphatic rings. The third-order valence-corrected chi connectivity index (χ3v) is 6.51. The fourth-order valence-electron chi connectivity index (χ4n) is 5.04. The van der Waals surface area contributed by atoms with Crippen LogP contribution in [0, 0.1) is 0 Å². The molecule has 0 radical (unpaired) electrons. The van der Waals surface area contributed by atoms with E-state index in [-0.39, 0.29) is 23.8 Å². The van der Waals surface area contributed by atoms with Crippen LogP contribution in [0.4, 0.5) is 10.5 Å². The minimum absolute atomic E-state index is 0.180. The number of carbonyl (C=O) groups is 3. The van der Waals surface area contributed by atoms with Gasteiger partial charge in [-0.05, 0) is 57.7 Å². The van der Waals surface area contributed by atoms with E-state index in [2.05, 4.69) is 32.6 Å². The maximum atomic E-state index is 12.1. The Morgan fingerprint density at radius 1 is 1.16 bits per heavy atom. The number of ether oxygens (including phenoxy) is 1. The summed E-state index contributed by atoms with van der Waals surface area (Å²) in [6, 6.07) is 9.31. The molecular formula is C24H34N4O4. The number of rotatable bonds is 6. The molecular weight excluding hydrogens is 408 g/mol. The quantitative estimate of drug-likeness (QED) is 0.519. The smallest absolute Gasteiger partial charge is 0.407 e. The minimum Gasteiger partial charge on any atom is -0.444 e. The van der Waals surface area contributed by atoms with Crippen LogP contribution in [0.5, 0.6) is 0 Å². The van der Waals surface area contributed by atoms with Crippen LogP contribution in [0.1, 0.15) is 57.9 Å². The van der Waals surface area contributed by atoms with E-state index < -0.39 is 5.60 Å². The largest absolute Gasteiger partial charge is 0.444 e. The first-order valence-corrected chi connectivity index (χ1v) is 11.6. The van der Waals surface area contributed by atoms with Crippen LogP contribution in [-0.2, 0) is 14.3 Å². The monoisotopic (exact) mass is 442 g/mol. The molecule has 3 atom stereocenters. The highest BCUT2D eigenvalue weighted by Gasteiger charge is 2.42. The summed E-state index contributed by atoms with van der Waals surface area (Å²) in [6.07, 6.45) is 2.69. The Kier molecular flexibility index (Phi) is 6.42. The summed E-state index contributed by atoms with van der Waals surface area (Å²) in [5.41, 5.74) is 1.70. The molecule has 3 saturated heterocycles. The van der Waals surface area contributed by atoms with Crippen LogP contribution in [0.15, 0.2) is 24.3 Å². The minimum atomic E-state index is -0.471. The van der Waals surface area contributed by atoms with Crippen LogP contribution < -0.4 is 15.5 Å². The fourth-order valence-corrected chi connectivity index (χ4v) is 5.04. The SMILES string of the molecule is CC(C)(C)OC(=O)NCCCN1CC2CC1CN2c1ccc(C2CCC(=O)NC2=O)cc1. The van der Waals surface area contributed by atoms with Gasteiger partial charge in [-0.1, -0.05) is 12.1 Å². The van der Waals surface area contributed by atoms with E-state index in [4.69, 9.17) is 4.74 Å². The molecule has 0 aliphatic carbocycles. The van der Waals surface area contributed by atoms with Crippen LogP contribution in [0.2, 0.25) is 0 Å². The summed E-state index contributed by atoms with van der Waals surface area (Å²) in [5, 5.41) is 5.27. The standard InChI is InChI=1S/C24H34N4O4/c1-24(2,3)32-23(31)25-11-4-12-27-14-19-13-18(27)15-28(19)17-7-5-16(6-8-17)20-9-10-21(29)26-22(20)30/h5-8,18-20H,4,9-15H2,1-3H3,(H,25,31)(H,26,29,30). The summed E-state index contributed by atoms with van der Waals surface area (Å²) >= 11 is 0. The molecule has 3 aliphatic heterocycles. The number of anilines is 1. The van der Waals surface area contributed by atoms with Gasteiger partial charge >= 0.3 is 6.09 Å². The lowest BCUT2D eigenvalue weighted by Crippen LogP contribution is -2.47. The van der Waals surface area contributed by atoms with Gasteiger partial charge in [0.15, 0.2) is 0 Å². The van der Waals surface area contributed by atoms with Crippen molar-refractivity contribution in [3.8, 4) is 0 Å². The zero-order valence-electron chi connectivity index (χ0n) is 19.2. The summed E-state index contributed by atoms with van der Waals surface area (Å²) in [7, 11) is 0. The zero-order chi connectivity index (χ0) is 22.9. The molecule has 3 amide bonds. The van der Waals surface area contributed by atoms with Crippen LogP contribution >= 0.6 is 0 Å². The highest BCUT2D eigenvalue weighted by molar-refractivity contribution is 6.00. The molecule has 0 saturated carbocycles. The summed E-state index contributed by atoms with van der Waals surface area (Å²) in [6.45, 7) is 9.21. The van der Waals surface area contributed by atoms with Crippen molar-refractivity contribution in [2.45, 2.75) is 70.1 Å². The molecule has 3 heterocycles. The number of amides is 3. The van der Waals surface area contributed by atoms with Crippen molar-refractivity contribution in [3.63, 3.8) is 0 Å². The number of piperazine rings is 1. The number of alkyl carbamates (subject to hydrolysis) is 1. The lowest BCUT2D eigenvalue weighted by Gasteiger charge is -2.36. The van der Waals surface area contributed by atoms with Gasteiger partial charge in [0.05, 0.1) is 5.92 Å². The van der Waals surface area contributed by atoms with Crippen molar-refractivity contribution in [1.82, 2.24) is 15.5 Å². The second-order valence-corrected chi connectivity index (χ2v) is 10.1. The predicted octanol–water partition coefficient (Wildman–Crippen LogP) is 2.38. The molecule has 2 N–H and O–H groups in total. The van der Waals surface area contributed by atoms with Gasteiger partial charge < -0.3 is 15.0 Å². The van der Waals surface area contributed by atoms with Gasteiger partial charge in [-0.3, -0.25) is 19.8 Å². The number of fused-ring (bicyclic) bond motifs is 2. The van der Waals surface area contributed by atoms with E-state index in [0.717, 1.165) is 38.0 Å². The molecule has 0 spiro atoms. The second-order valence-electron chi connectivity index (χ2n) is 10.1. The lowest BCUT2D eigenvalue weighted by atomic mass is 9.90. The second kappa shape index (κ2) is 9.10. The number of benzene rings is 1. The van der Waals surface area contributed by atoms with E-state index in [9.17, 15) is 14.4 Å². The fraction of sp³-hybridized carbons (Fsp3) is 0.625. The number of hydrogen-bond acceptors (Lipinski definition) is 6. The number of nitrogens with zero attached hydrogens (tertiary/aromatic N) is 2. The molecule has 3 unspecified atom stereocenters. The molecule has 32 heavy (non-hydrogen) atoms. The number of hydrogen-bond donors (Lipinski definition) is 2. The summed E-state index contributed by atoms with van der Waals surface area (Å²) in [5.74, 6) is -0.603. The van der Waals surface area contributed by atoms with Crippen LogP contribution in [-0.4, -0.2) is 66.7 Å². The first kappa shape index (κ1) is 22.6. The summed E-state index contributed by atoms with van der Waals surface area (Å²) < 4.78 is 5.27. The zero-order valence-corrected chi connectivity index (χ0v) is 19.2. The first-order chi connectivity index (χ1) is 15.2. The lowest BCUT2D eigenvalue weighted by molar-refractivity contribution is -0.134. The van der Waals surface area contributed by atoms with Gasteiger partial charge in [-0.25, -0.2) is 4.79 Å². The van der Waals surface area contributed by atoms with E-state index in [1.54, 1.807) is 0 Å². The first-order valence-electron chi connectivity index (χ1n) is 11.6. The Morgan fingerprint density at radius 3 is 2.53 bits per heavy atom. The molecule has 1 aromatic rings. The van der Waals surface area contributed by atoms with Crippen molar-refractivity contribution >= 4 is 23.6 Å². The molecule has 4 rings (SSSR count). The topological polar surface area (TPSA) is 91.0 Å². The van der Waals surface area contributed by atoms with Crippen molar-refractivity contribution in [2.75, 3.05) is 31.1 Å². The molecule has 8 nitrogen and oxygen atoms in total. The highest BCUT2D eigenvalue weighted by atomic mass is 16.6. The molecule has 174 valence electrons. The van der Waals surface area contributed by atoms with Crippen molar-refractivity contribution in [1.29, 1.82) is 0 Å². The third-order valence-electron chi connectivity index (χ3n) is 6.51. The average molecular weight is 443 g/mol. The van der Waals surface area contributed by atoms with Gasteiger partial charge in [0.2, 0.25) is 11.8 Å².